The van der Waals surface area contributed by atoms with Crippen LogP contribution in [0.25, 0.3) is 6.08 Å². The van der Waals surface area contributed by atoms with E-state index in [1.807, 2.05) is 36.4 Å². The minimum Gasteiger partial charge on any atom is -0.462 e. The van der Waals surface area contributed by atoms with Gasteiger partial charge in [-0.05, 0) is 31.2 Å². The summed E-state index contributed by atoms with van der Waals surface area (Å²) in [7, 11) is 0. The van der Waals surface area contributed by atoms with Crippen molar-refractivity contribution < 1.29 is 9.53 Å². The summed E-state index contributed by atoms with van der Waals surface area (Å²) >= 11 is 0. The molecule has 0 saturated carbocycles. The molecule has 1 aromatic carbocycles. The van der Waals surface area contributed by atoms with E-state index < -0.39 is 0 Å². The van der Waals surface area contributed by atoms with Gasteiger partial charge in [-0.15, -0.1) is 0 Å². The highest BCUT2D eigenvalue weighted by Gasteiger charge is 2.01. The maximum atomic E-state index is 11.1. The van der Waals surface area contributed by atoms with E-state index in [0.717, 1.165) is 12.0 Å². The molecule has 3 heteroatoms. The zero-order chi connectivity index (χ0) is 20.2. The third-order valence-electron chi connectivity index (χ3n) is 4.17. The average Bonchev–Trinajstić information content (AvgIpc) is 2.67. The molecule has 1 rings (SSSR count). The van der Waals surface area contributed by atoms with E-state index in [0.29, 0.717) is 12.2 Å². The van der Waals surface area contributed by atoms with Crippen LogP contribution in [0.1, 0.15) is 83.6 Å². The first kappa shape index (κ1) is 25.0. The first-order chi connectivity index (χ1) is 13.1. The standard InChI is InChI=1S/C16H30O2.C8H9N/c1-4-5-6-7-8-9-10-11-12-13-14-18-16(17)15(2)3;9-7-6-8-4-2-1-3-5-8/h2,4-14H2,1,3H3;1-7H,9H2. The molecule has 0 heterocycles. The molecule has 0 aromatic heterocycles. The van der Waals surface area contributed by atoms with Crippen LogP contribution < -0.4 is 5.73 Å². The van der Waals surface area contributed by atoms with Gasteiger partial charge < -0.3 is 10.5 Å². The van der Waals surface area contributed by atoms with Crippen LogP contribution in [0.5, 0.6) is 0 Å². The number of unbranched alkanes of at least 4 members (excludes halogenated alkanes) is 9. The number of rotatable bonds is 13. The summed E-state index contributed by atoms with van der Waals surface area (Å²) in [4.78, 5) is 11.1. The second-order valence-electron chi connectivity index (χ2n) is 6.87. The monoisotopic (exact) mass is 373 g/mol. The average molecular weight is 374 g/mol. The van der Waals surface area contributed by atoms with Crippen molar-refractivity contribution in [1.82, 2.24) is 0 Å². The third kappa shape index (κ3) is 17.2. The van der Waals surface area contributed by atoms with E-state index in [1.54, 1.807) is 6.92 Å². The summed E-state index contributed by atoms with van der Waals surface area (Å²) in [6, 6.07) is 9.95. The first-order valence-corrected chi connectivity index (χ1v) is 10.4. The van der Waals surface area contributed by atoms with Crippen LogP contribution in [0.15, 0.2) is 48.7 Å². The van der Waals surface area contributed by atoms with Gasteiger partial charge in [0.2, 0.25) is 0 Å². The summed E-state index contributed by atoms with van der Waals surface area (Å²) in [5.41, 5.74) is 6.81. The van der Waals surface area contributed by atoms with Crippen LogP contribution >= 0.6 is 0 Å². The van der Waals surface area contributed by atoms with E-state index in [2.05, 4.69) is 13.5 Å². The van der Waals surface area contributed by atoms with Gasteiger partial charge in [-0.25, -0.2) is 4.79 Å². The van der Waals surface area contributed by atoms with E-state index in [4.69, 9.17) is 10.5 Å². The largest absolute Gasteiger partial charge is 0.462 e. The summed E-state index contributed by atoms with van der Waals surface area (Å²) in [6.45, 7) is 8.03. The zero-order valence-electron chi connectivity index (χ0n) is 17.4. The lowest BCUT2D eigenvalue weighted by molar-refractivity contribution is -0.139. The van der Waals surface area contributed by atoms with Gasteiger partial charge in [0.05, 0.1) is 6.61 Å². The Bertz CT molecular complexity index is 508. The number of benzene rings is 1. The van der Waals surface area contributed by atoms with Gasteiger partial charge >= 0.3 is 5.97 Å². The van der Waals surface area contributed by atoms with Crippen molar-refractivity contribution >= 4 is 12.0 Å². The number of nitrogens with two attached hydrogens (primary N) is 1. The Kier molecular flexibility index (Phi) is 17.3. The molecule has 0 aliphatic carbocycles. The van der Waals surface area contributed by atoms with Crippen molar-refractivity contribution in [2.24, 2.45) is 5.73 Å². The molecule has 0 aliphatic heterocycles. The molecule has 0 fully saturated rings. The number of carbonyl (C=O) groups is 1. The van der Waals surface area contributed by atoms with Gasteiger partial charge in [0.15, 0.2) is 0 Å². The van der Waals surface area contributed by atoms with Crippen molar-refractivity contribution in [2.45, 2.75) is 78.1 Å². The quantitative estimate of drug-likeness (QED) is 0.239. The number of carbonyl (C=O) groups excluding carboxylic acids is 1. The molecular weight excluding hydrogens is 334 g/mol. The van der Waals surface area contributed by atoms with Crippen molar-refractivity contribution in [3.05, 3.63) is 54.2 Å². The van der Waals surface area contributed by atoms with E-state index >= 15 is 0 Å². The Morgan fingerprint density at radius 3 is 1.96 bits per heavy atom. The Morgan fingerprint density at radius 2 is 1.48 bits per heavy atom. The second kappa shape index (κ2) is 18.8. The number of ether oxygens (including phenoxy) is 1. The fraction of sp³-hybridized carbons (Fsp3) is 0.542. The molecule has 0 spiro atoms. The van der Waals surface area contributed by atoms with Crippen LogP contribution in [-0.2, 0) is 9.53 Å². The highest BCUT2D eigenvalue weighted by molar-refractivity contribution is 5.86. The molecule has 27 heavy (non-hydrogen) atoms. The predicted molar refractivity (Wildman–Crippen MR) is 117 cm³/mol. The third-order valence-corrected chi connectivity index (χ3v) is 4.17. The van der Waals surface area contributed by atoms with Crippen molar-refractivity contribution in [2.75, 3.05) is 6.61 Å². The molecule has 1 aromatic rings. The first-order valence-electron chi connectivity index (χ1n) is 10.4. The molecule has 0 radical (unpaired) electrons. The fourth-order valence-corrected chi connectivity index (χ4v) is 2.55. The molecule has 152 valence electrons. The van der Waals surface area contributed by atoms with Gasteiger partial charge in [-0.2, -0.15) is 0 Å². The molecule has 0 aliphatic rings. The molecule has 0 atom stereocenters. The van der Waals surface area contributed by atoms with Crippen molar-refractivity contribution in [3.63, 3.8) is 0 Å². The van der Waals surface area contributed by atoms with Gasteiger partial charge in [-0.3, -0.25) is 0 Å². The highest BCUT2D eigenvalue weighted by Crippen LogP contribution is 2.10. The summed E-state index contributed by atoms with van der Waals surface area (Å²) < 4.78 is 5.04. The van der Waals surface area contributed by atoms with Crippen molar-refractivity contribution in [3.8, 4) is 0 Å². The number of hydrogen-bond donors (Lipinski definition) is 1. The smallest absolute Gasteiger partial charge is 0.333 e. The Labute approximate surface area is 166 Å². The maximum Gasteiger partial charge on any atom is 0.333 e. The van der Waals surface area contributed by atoms with E-state index in [-0.39, 0.29) is 5.97 Å². The molecule has 0 bridgehead atoms. The SMILES string of the molecule is C=C(C)C(=O)OCCCCCCCCCCCC.NC=Cc1ccccc1. The maximum absolute atomic E-state index is 11.1. The summed E-state index contributed by atoms with van der Waals surface area (Å²) in [5, 5.41) is 0. The van der Waals surface area contributed by atoms with Crippen LogP contribution in [-0.4, -0.2) is 12.6 Å². The fourth-order valence-electron chi connectivity index (χ4n) is 2.55. The lowest BCUT2D eigenvalue weighted by Gasteiger charge is -2.04. The van der Waals surface area contributed by atoms with Crippen LogP contribution in [0.3, 0.4) is 0 Å². The zero-order valence-corrected chi connectivity index (χ0v) is 17.4. The van der Waals surface area contributed by atoms with Crippen LogP contribution in [0, 0.1) is 0 Å². The topological polar surface area (TPSA) is 52.3 Å². The van der Waals surface area contributed by atoms with E-state index in [1.165, 1.54) is 64.0 Å². The molecular formula is C24H39NO2. The summed E-state index contributed by atoms with van der Waals surface area (Å²) in [5.74, 6) is -0.258. The van der Waals surface area contributed by atoms with Crippen LogP contribution in [0.4, 0.5) is 0 Å². The highest BCUT2D eigenvalue weighted by atomic mass is 16.5. The Morgan fingerprint density at radius 1 is 0.963 bits per heavy atom. The predicted octanol–water partition coefficient (Wildman–Crippen LogP) is 6.64. The Hall–Kier alpha value is -2.03. The van der Waals surface area contributed by atoms with Gasteiger partial charge in [0, 0.05) is 5.57 Å². The minimum atomic E-state index is -0.258. The summed E-state index contributed by atoms with van der Waals surface area (Å²) in [6.07, 6.45) is 16.4. The Balaban J connectivity index is 0.000000621. The van der Waals surface area contributed by atoms with E-state index in [9.17, 15) is 4.79 Å². The molecule has 0 unspecified atom stereocenters. The van der Waals surface area contributed by atoms with Gasteiger partial charge in [-0.1, -0.05) is 102 Å². The molecule has 2 N–H and O–H groups in total. The lowest BCUT2D eigenvalue weighted by Crippen LogP contribution is -2.05. The molecule has 0 saturated heterocycles. The minimum absolute atomic E-state index is 0.258. The van der Waals surface area contributed by atoms with Crippen LogP contribution in [0.2, 0.25) is 0 Å². The molecule has 3 nitrogen and oxygen atoms in total. The second-order valence-corrected chi connectivity index (χ2v) is 6.87. The normalized spacial score (nSPS) is 10.3. The molecule has 0 amide bonds. The van der Waals surface area contributed by atoms with Gasteiger partial charge in [0.1, 0.15) is 0 Å². The lowest BCUT2D eigenvalue weighted by atomic mass is 10.1. The number of hydrogen-bond acceptors (Lipinski definition) is 3. The number of esters is 1. The van der Waals surface area contributed by atoms with Crippen molar-refractivity contribution in [1.29, 1.82) is 0 Å². The van der Waals surface area contributed by atoms with Gasteiger partial charge in [0.25, 0.3) is 0 Å².